The standard InChI is InChI=1S/C20H22N8O5.C15H17N5O5/c1-11-22-12(2)24-20(23-11)25-15-3-4-17(18(8-15)26-19(21)29)28-27-16-6-13(9-32-30)5-14(7-16)10-33-31;16-11-1-2-13(14(6-11)18-15(17)21)20-19-12-4-9(7-24-22)3-10(5-12)8-25-23/h3-8,30-31H,9-10H2,1-2H3,(H3,21,26,29)(H,22,23,24,25);1-6,22-23H,7-8,16H2,(H3,17,18,21). The smallest absolute Gasteiger partial charge is 0.316 e. The third-order valence-electron chi connectivity index (χ3n) is 7.19. The Balaban J connectivity index is 0.000000267. The number of nitrogen functional groups attached to an aromatic ring is 1. The van der Waals surface area contributed by atoms with Crippen LogP contribution < -0.4 is 33.2 Å². The summed E-state index contributed by atoms with van der Waals surface area (Å²) in [5.41, 5.74) is 21.6. The van der Waals surface area contributed by atoms with Crippen LogP contribution in [0.4, 0.5) is 61.0 Å². The number of aromatic nitrogens is 3. The number of hydrogen-bond acceptors (Lipinski definition) is 19. The van der Waals surface area contributed by atoms with Gasteiger partial charge in [0.1, 0.15) is 49.5 Å². The predicted octanol–water partition coefficient (Wildman–Crippen LogP) is 7.27. The number of aryl methyl sites for hydroxylation is 2. The van der Waals surface area contributed by atoms with E-state index < -0.39 is 12.1 Å². The summed E-state index contributed by atoms with van der Waals surface area (Å²) in [6.07, 6.45) is 0. The van der Waals surface area contributed by atoms with E-state index in [9.17, 15) is 9.59 Å². The van der Waals surface area contributed by atoms with Gasteiger partial charge in [-0.3, -0.25) is 21.0 Å². The molecule has 0 saturated heterocycles. The number of rotatable bonds is 16. The lowest BCUT2D eigenvalue weighted by atomic mass is 10.1. The maximum Gasteiger partial charge on any atom is 0.316 e. The van der Waals surface area contributed by atoms with E-state index in [0.717, 1.165) is 0 Å². The molecule has 1 heterocycles. The number of azo groups is 2. The number of nitrogens with one attached hydrogen (secondary N) is 3. The molecule has 0 spiro atoms. The average Bonchev–Trinajstić information content (AvgIpc) is 3.14. The molecule has 0 fully saturated rings. The number of hydrogen-bond donors (Lipinski definition) is 10. The molecule has 0 atom stereocenters. The number of nitrogens with zero attached hydrogens (tertiary/aromatic N) is 7. The molecule has 0 saturated carbocycles. The van der Waals surface area contributed by atoms with E-state index in [4.69, 9.17) is 38.2 Å². The fourth-order valence-electron chi connectivity index (χ4n) is 5.06. The minimum atomic E-state index is -0.778. The number of amides is 4. The highest BCUT2D eigenvalue weighted by Gasteiger charge is 2.10. The molecule has 0 unspecified atom stereocenters. The van der Waals surface area contributed by atoms with Crippen molar-refractivity contribution < 1.29 is 50.2 Å². The molecule has 1 aromatic heterocycles. The molecule has 0 aliphatic rings. The topological polar surface area (TPSA) is 354 Å². The van der Waals surface area contributed by atoms with E-state index in [1.165, 1.54) is 6.07 Å². The zero-order valence-electron chi connectivity index (χ0n) is 30.9. The highest BCUT2D eigenvalue weighted by atomic mass is 17.1. The molecule has 23 heteroatoms. The van der Waals surface area contributed by atoms with Gasteiger partial charge in [0.05, 0.1) is 22.7 Å². The Labute approximate surface area is 328 Å². The normalized spacial score (nSPS) is 11.0. The summed E-state index contributed by atoms with van der Waals surface area (Å²) in [7, 11) is 0. The molecule has 0 aliphatic heterocycles. The molecular formula is C35H39N13O10. The predicted molar refractivity (Wildman–Crippen MR) is 207 cm³/mol. The largest absolute Gasteiger partial charge is 0.399 e. The number of anilines is 5. The monoisotopic (exact) mass is 801 g/mol. The van der Waals surface area contributed by atoms with Crippen LogP contribution in [-0.4, -0.2) is 48.0 Å². The summed E-state index contributed by atoms with van der Waals surface area (Å²) in [4.78, 5) is 51.7. The van der Waals surface area contributed by atoms with Crippen molar-refractivity contribution in [2.45, 2.75) is 40.3 Å². The number of urea groups is 2. The van der Waals surface area contributed by atoms with Crippen molar-refractivity contribution in [3.05, 3.63) is 107 Å². The van der Waals surface area contributed by atoms with Crippen molar-refractivity contribution in [3.63, 3.8) is 0 Å². The van der Waals surface area contributed by atoms with Crippen molar-refractivity contribution in [2.24, 2.45) is 31.9 Å². The number of carbonyl (C=O) groups excluding carboxylic acids is 2. The first-order valence-electron chi connectivity index (χ1n) is 16.6. The first kappa shape index (κ1) is 43.6. The minimum absolute atomic E-state index is 0.0713. The van der Waals surface area contributed by atoms with Crippen molar-refractivity contribution in [2.75, 3.05) is 21.7 Å². The van der Waals surface area contributed by atoms with Crippen LogP contribution in [-0.2, 0) is 46.0 Å². The third kappa shape index (κ3) is 14.2. The van der Waals surface area contributed by atoms with E-state index >= 15 is 0 Å². The van der Waals surface area contributed by atoms with Gasteiger partial charge in [0.25, 0.3) is 0 Å². The summed E-state index contributed by atoms with van der Waals surface area (Å²) < 4.78 is 0. The van der Waals surface area contributed by atoms with E-state index in [1.54, 1.807) is 80.6 Å². The van der Waals surface area contributed by atoms with Crippen LogP contribution >= 0.6 is 0 Å². The van der Waals surface area contributed by atoms with E-state index in [0.29, 0.717) is 85.4 Å². The van der Waals surface area contributed by atoms with Gasteiger partial charge >= 0.3 is 12.1 Å². The Morgan fingerprint density at radius 1 is 0.586 bits per heavy atom. The zero-order valence-corrected chi connectivity index (χ0v) is 30.9. The molecule has 0 bridgehead atoms. The molecule has 4 amide bonds. The maximum atomic E-state index is 11.5. The Morgan fingerprint density at radius 2 is 1.00 bits per heavy atom. The van der Waals surface area contributed by atoms with Crippen LogP contribution in [0.25, 0.3) is 0 Å². The fraction of sp³-hybridized carbons (Fsp3) is 0.171. The lowest BCUT2D eigenvalue weighted by Crippen LogP contribution is -2.19. The highest BCUT2D eigenvalue weighted by molar-refractivity contribution is 5.93. The van der Waals surface area contributed by atoms with Gasteiger partial charge < -0.3 is 33.2 Å². The molecule has 58 heavy (non-hydrogen) atoms. The molecular weight excluding hydrogens is 762 g/mol. The maximum absolute atomic E-state index is 11.5. The third-order valence-corrected chi connectivity index (χ3v) is 7.19. The first-order valence-corrected chi connectivity index (χ1v) is 16.6. The van der Waals surface area contributed by atoms with Gasteiger partial charge in [-0.25, -0.2) is 34.1 Å². The second-order valence-corrected chi connectivity index (χ2v) is 11.9. The van der Waals surface area contributed by atoms with Gasteiger partial charge in [0.2, 0.25) is 5.95 Å². The van der Waals surface area contributed by atoms with Crippen molar-refractivity contribution in [1.29, 1.82) is 0 Å². The first-order chi connectivity index (χ1) is 27.9. The quantitative estimate of drug-likeness (QED) is 0.0203. The van der Waals surface area contributed by atoms with Crippen molar-refractivity contribution in [1.82, 2.24) is 15.0 Å². The Hall–Kier alpha value is -7.09. The highest BCUT2D eigenvalue weighted by Crippen LogP contribution is 2.32. The van der Waals surface area contributed by atoms with Crippen LogP contribution in [0.15, 0.2) is 93.3 Å². The Kier molecular flexibility index (Phi) is 16.4. The lowest BCUT2D eigenvalue weighted by molar-refractivity contribution is -0.254. The number of nitrogens with two attached hydrogens (primary N) is 3. The molecule has 0 aliphatic carbocycles. The zero-order chi connectivity index (χ0) is 42.0. The minimum Gasteiger partial charge on any atom is -0.399 e. The Morgan fingerprint density at radius 3 is 1.41 bits per heavy atom. The summed E-state index contributed by atoms with van der Waals surface area (Å²) in [5.74, 6) is 1.47. The lowest BCUT2D eigenvalue weighted by Gasteiger charge is -2.10. The van der Waals surface area contributed by atoms with Gasteiger partial charge in [-0.1, -0.05) is 12.1 Å². The van der Waals surface area contributed by atoms with Crippen molar-refractivity contribution in [3.8, 4) is 0 Å². The van der Waals surface area contributed by atoms with Gasteiger partial charge in [0.15, 0.2) is 0 Å². The van der Waals surface area contributed by atoms with Crippen LogP contribution in [0.5, 0.6) is 0 Å². The van der Waals surface area contributed by atoms with E-state index in [1.807, 2.05) is 0 Å². The summed E-state index contributed by atoms with van der Waals surface area (Å²) in [6.45, 7) is 3.18. The summed E-state index contributed by atoms with van der Waals surface area (Å²) >= 11 is 0. The molecule has 5 aromatic rings. The van der Waals surface area contributed by atoms with Crippen LogP contribution in [0, 0.1) is 13.8 Å². The average molecular weight is 802 g/mol. The summed E-state index contributed by atoms with van der Waals surface area (Å²) in [6, 6.07) is 17.9. The molecule has 13 N–H and O–H groups in total. The van der Waals surface area contributed by atoms with Gasteiger partial charge in [-0.2, -0.15) is 20.2 Å². The molecule has 5 rings (SSSR count). The second kappa shape index (κ2) is 21.9. The van der Waals surface area contributed by atoms with Crippen LogP contribution in [0.3, 0.4) is 0 Å². The van der Waals surface area contributed by atoms with E-state index in [2.05, 4.69) is 70.9 Å². The number of carbonyl (C=O) groups is 2. The van der Waals surface area contributed by atoms with Crippen LogP contribution in [0.2, 0.25) is 0 Å². The fourth-order valence-corrected chi connectivity index (χ4v) is 5.06. The second-order valence-electron chi connectivity index (χ2n) is 11.9. The van der Waals surface area contributed by atoms with Crippen molar-refractivity contribution >= 4 is 63.5 Å². The van der Waals surface area contributed by atoms with Gasteiger partial charge in [-0.15, -0.1) is 10.2 Å². The summed E-state index contributed by atoms with van der Waals surface area (Å²) in [5, 5.41) is 59.1. The number of primary amides is 2. The molecule has 4 aromatic carbocycles. The Bertz CT molecular complexity index is 2190. The molecule has 304 valence electrons. The molecule has 23 nitrogen and oxygen atoms in total. The van der Waals surface area contributed by atoms with Crippen LogP contribution in [0.1, 0.15) is 33.9 Å². The van der Waals surface area contributed by atoms with Gasteiger partial charge in [0, 0.05) is 11.4 Å². The molecule has 0 radical (unpaired) electrons. The van der Waals surface area contributed by atoms with E-state index in [-0.39, 0.29) is 26.4 Å². The number of benzene rings is 4. The SMILES string of the molecule is Cc1nc(C)nc(Nc2ccc(N=Nc3cc(COO)cc(COO)c3)c(NC(N)=O)c2)n1.NC(=O)Nc1cc(N)ccc1N=Nc1cc(COO)cc(COO)c1. The van der Waals surface area contributed by atoms with Gasteiger partial charge in [-0.05, 0) is 96.8 Å².